The van der Waals surface area contributed by atoms with Crippen molar-refractivity contribution in [2.45, 2.75) is 37.6 Å². The van der Waals surface area contributed by atoms with Crippen molar-refractivity contribution >= 4 is 5.78 Å². The third kappa shape index (κ3) is 2.46. The second-order valence-electron chi connectivity index (χ2n) is 5.36. The van der Waals surface area contributed by atoms with Crippen LogP contribution in [0.2, 0.25) is 0 Å². The van der Waals surface area contributed by atoms with Gasteiger partial charge in [-0.15, -0.1) is 0 Å². The zero-order valence-electron chi connectivity index (χ0n) is 11.1. The summed E-state index contributed by atoms with van der Waals surface area (Å²) in [5, 5.41) is 0. The minimum Gasteiger partial charge on any atom is -0.297 e. The lowest BCUT2D eigenvalue weighted by atomic mass is 9.87. The molecule has 1 aliphatic carbocycles. The first-order valence-electron chi connectivity index (χ1n) is 6.50. The van der Waals surface area contributed by atoms with Gasteiger partial charge in [-0.1, -0.05) is 25.0 Å². The van der Waals surface area contributed by atoms with E-state index in [4.69, 9.17) is 0 Å². The summed E-state index contributed by atoms with van der Waals surface area (Å²) < 4.78 is 13.1. The molecule has 1 saturated carbocycles. The maximum Gasteiger partial charge on any atom is 0.157 e. The van der Waals surface area contributed by atoms with Crippen LogP contribution in [0.1, 0.15) is 31.2 Å². The Labute approximate surface area is 108 Å². The summed E-state index contributed by atoms with van der Waals surface area (Å²) in [5.41, 5.74) is 0.444. The van der Waals surface area contributed by atoms with Crippen LogP contribution in [0, 0.1) is 5.82 Å². The van der Waals surface area contributed by atoms with E-state index in [1.807, 2.05) is 25.1 Å². The van der Waals surface area contributed by atoms with Crippen LogP contribution >= 0.6 is 0 Å². The van der Waals surface area contributed by atoms with Gasteiger partial charge in [0.25, 0.3) is 0 Å². The highest BCUT2D eigenvalue weighted by Crippen LogP contribution is 2.35. The van der Waals surface area contributed by atoms with E-state index in [-0.39, 0.29) is 17.1 Å². The lowest BCUT2D eigenvalue weighted by molar-refractivity contribution is -0.128. The van der Waals surface area contributed by atoms with Crippen LogP contribution in [0.25, 0.3) is 0 Å². The van der Waals surface area contributed by atoms with Gasteiger partial charge in [0.2, 0.25) is 0 Å². The molecule has 0 N–H and O–H groups in total. The van der Waals surface area contributed by atoms with Crippen LogP contribution in [-0.2, 0) is 11.2 Å². The Hall–Kier alpha value is -1.22. The number of nitrogens with zero attached hydrogens (tertiary/aromatic N) is 1. The average Bonchev–Trinajstić information content (AvgIpc) is 2.79. The average molecular weight is 249 g/mol. The third-order valence-electron chi connectivity index (χ3n) is 4.06. The molecule has 0 bridgehead atoms. The van der Waals surface area contributed by atoms with Crippen molar-refractivity contribution in [3.05, 3.63) is 35.6 Å². The van der Waals surface area contributed by atoms with Gasteiger partial charge in [-0.2, -0.15) is 0 Å². The van der Waals surface area contributed by atoms with E-state index in [1.54, 1.807) is 6.07 Å². The lowest BCUT2D eigenvalue weighted by Gasteiger charge is -2.34. The summed E-state index contributed by atoms with van der Waals surface area (Å²) in [6, 6.07) is 6.34. The van der Waals surface area contributed by atoms with Gasteiger partial charge in [-0.3, -0.25) is 9.69 Å². The van der Waals surface area contributed by atoms with Crippen molar-refractivity contribution in [2.75, 3.05) is 14.1 Å². The zero-order chi connectivity index (χ0) is 13.2. The van der Waals surface area contributed by atoms with Crippen LogP contribution in [0.15, 0.2) is 24.3 Å². The number of carbonyl (C=O) groups is 1. The molecule has 0 aromatic heterocycles. The van der Waals surface area contributed by atoms with Crippen molar-refractivity contribution in [3.8, 4) is 0 Å². The minimum atomic E-state index is -0.327. The molecule has 0 unspecified atom stereocenters. The highest BCUT2D eigenvalue weighted by Gasteiger charge is 2.42. The van der Waals surface area contributed by atoms with E-state index >= 15 is 0 Å². The summed E-state index contributed by atoms with van der Waals surface area (Å²) in [6.45, 7) is 0. The quantitative estimate of drug-likeness (QED) is 0.818. The Bertz CT molecular complexity index is 436. The first-order valence-corrected chi connectivity index (χ1v) is 6.50. The molecular formula is C15H20FNO. The van der Waals surface area contributed by atoms with Crippen LogP contribution in [0.5, 0.6) is 0 Å². The number of carbonyl (C=O) groups excluding carboxylic acids is 1. The van der Waals surface area contributed by atoms with Crippen molar-refractivity contribution in [2.24, 2.45) is 0 Å². The maximum atomic E-state index is 13.1. The van der Waals surface area contributed by atoms with Crippen molar-refractivity contribution in [1.29, 1.82) is 0 Å². The molecule has 0 atom stereocenters. The molecule has 0 saturated heterocycles. The van der Waals surface area contributed by atoms with Gasteiger partial charge in [0.15, 0.2) is 5.78 Å². The fourth-order valence-electron chi connectivity index (χ4n) is 2.93. The number of rotatable bonds is 4. The summed E-state index contributed by atoms with van der Waals surface area (Å²) in [5.74, 6) is -0.0544. The molecule has 0 radical (unpaired) electrons. The number of benzene rings is 1. The lowest BCUT2D eigenvalue weighted by Crippen LogP contribution is -2.49. The Kier molecular flexibility index (Phi) is 3.81. The van der Waals surface area contributed by atoms with E-state index < -0.39 is 0 Å². The van der Waals surface area contributed by atoms with E-state index in [0.29, 0.717) is 6.42 Å². The molecule has 2 rings (SSSR count). The molecule has 3 heteroatoms. The fourth-order valence-corrected chi connectivity index (χ4v) is 2.93. The number of ketones is 1. The maximum absolute atomic E-state index is 13.1. The highest BCUT2D eigenvalue weighted by atomic mass is 19.1. The first kappa shape index (κ1) is 13.2. The van der Waals surface area contributed by atoms with Gasteiger partial charge in [-0.25, -0.2) is 4.39 Å². The highest BCUT2D eigenvalue weighted by molar-refractivity contribution is 5.90. The minimum absolute atomic E-state index is 0.218. The number of halogens is 1. The standard InChI is InChI=1S/C15H20FNO/c1-17(2)15(8-3-4-9-15)14(18)11-12-6-5-7-13(16)10-12/h5-7,10H,3-4,8-9,11H2,1-2H3. The SMILES string of the molecule is CN(C)C1(C(=O)Cc2cccc(F)c2)CCCC1. The summed E-state index contributed by atoms with van der Waals surface area (Å²) in [7, 11) is 3.93. The van der Waals surface area contributed by atoms with Gasteiger partial charge in [0.05, 0.1) is 5.54 Å². The molecule has 0 amide bonds. The van der Waals surface area contributed by atoms with Crippen molar-refractivity contribution in [3.63, 3.8) is 0 Å². The molecule has 0 spiro atoms. The smallest absolute Gasteiger partial charge is 0.157 e. The molecule has 98 valence electrons. The predicted molar refractivity (Wildman–Crippen MR) is 70.0 cm³/mol. The normalized spacial score (nSPS) is 18.2. The molecule has 18 heavy (non-hydrogen) atoms. The van der Waals surface area contributed by atoms with Gasteiger partial charge in [-0.05, 0) is 44.6 Å². The topological polar surface area (TPSA) is 20.3 Å². The predicted octanol–water partition coefficient (Wildman–Crippen LogP) is 2.81. The van der Waals surface area contributed by atoms with Gasteiger partial charge in [0, 0.05) is 6.42 Å². The second kappa shape index (κ2) is 5.19. The fraction of sp³-hybridized carbons (Fsp3) is 0.533. The largest absolute Gasteiger partial charge is 0.297 e. The molecule has 0 aliphatic heterocycles. The Morgan fingerprint density at radius 3 is 2.56 bits per heavy atom. The Balaban J connectivity index is 2.16. The monoisotopic (exact) mass is 249 g/mol. The van der Waals surface area contributed by atoms with Gasteiger partial charge in [0.1, 0.15) is 5.82 Å². The van der Waals surface area contributed by atoms with Gasteiger partial charge < -0.3 is 0 Å². The van der Waals surface area contributed by atoms with Gasteiger partial charge >= 0.3 is 0 Å². The van der Waals surface area contributed by atoms with Crippen molar-refractivity contribution in [1.82, 2.24) is 4.90 Å². The molecule has 1 fully saturated rings. The Morgan fingerprint density at radius 1 is 1.33 bits per heavy atom. The van der Waals surface area contributed by atoms with E-state index in [2.05, 4.69) is 0 Å². The Morgan fingerprint density at radius 2 is 2.00 bits per heavy atom. The van der Waals surface area contributed by atoms with E-state index in [0.717, 1.165) is 31.2 Å². The third-order valence-corrected chi connectivity index (χ3v) is 4.06. The molecular weight excluding hydrogens is 229 g/mol. The van der Waals surface area contributed by atoms with Crippen LogP contribution in [0.3, 0.4) is 0 Å². The van der Waals surface area contributed by atoms with Crippen molar-refractivity contribution < 1.29 is 9.18 Å². The number of Topliss-reactive ketones (excluding diaryl/α,β-unsaturated/α-hetero) is 1. The van der Waals surface area contributed by atoms with Crippen LogP contribution in [0.4, 0.5) is 4.39 Å². The molecule has 0 heterocycles. The van der Waals surface area contributed by atoms with Crippen LogP contribution < -0.4 is 0 Å². The summed E-state index contributed by atoms with van der Waals surface area (Å²) in [6.07, 6.45) is 4.39. The number of hydrogen-bond acceptors (Lipinski definition) is 2. The second-order valence-corrected chi connectivity index (χ2v) is 5.36. The summed E-state index contributed by atoms with van der Waals surface area (Å²) >= 11 is 0. The zero-order valence-corrected chi connectivity index (χ0v) is 11.1. The number of hydrogen-bond donors (Lipinski definition) is 0. The summed E-state index contributed by atoms with van der Waals surface area (Å²) in [4.78, 5) is 14.6. The van der Waals surface area contributed by atoms with E-state index in [1.165, 1.54) is 12.1 Å². The number of likely N-dealkylation sites (N-methyl/N-ethyl adjacent to an activating group) is 1. The molecule has 1 aromatic rings. The molecule has 2 nitrogen and oxygen atoms in total. The molecule has 1 aliphatic rings. The first-order chi connectivity index (χ1) is 8.54. The molecule has 1 aromatic carbocycles. The van der Waals surface area contributed by atoms with Crippen LogP contribution in [-0.4, -0.2) is 30.3 Å². The van der Waals surface area contributed by atoms with E-state index in [9.17, 15) is 9.18 Å².